The van der Waals surface area contributed by atoms with Crippen molar-refractivity contribution >= 4 is 17.3 Å². The third kappa shape index (κ3) is 2.35. The molecule has 1 unspecified atom stereocenters. The largest absolute Gasteiger partial charge is 0.493 e. The number of aryl methyl sites for hydroxylation is 1. The summed E-state index contributed by atoms with van der Waals surface area (Å²) in [5, 5.41) is 11.2. The average Bonchev–Trinajstić information content (AvgIpc) is 2.46. The van der Waals surface area contributed by atoms with Gasteiger partial charge in [-0.05, 0) is 30.5 Å². The first-order chi connectivity index (χ1) is 9.66. The second-order valence-corrected chi connectivity index (χ2v) is 5.40. The molecule has 2 aromatic carbocycles. The van der Waals surface area contributed by atoms with Crippen LogP contribution in [0.2, 0.25) is 5.02 Å². The van der Waals surface area contributed by atoms with Crippen LogP contribution >= 0.6 is 11.6 Å². The van der Waals surface area contributed by atoms with Gasteiger partial charge in [0, 0.05) is 21.8 Å². The van der Waals surface area contributed by atoms with Crippen LogP contribution in [0.15, 0.2) is 36.4 Å². The number of aliphatic hydroxyl groups is 1. The van der Waals surface area contributed by atoms with Crippen molar-refractivity contribution in [3.05, 3.63) is 58.1 Å². The van der Waals surface area contributed by atoms with Crippen LogP contribution in [0, 0.1) is 0 Å². The Bertz CT molecular complexity index is 642. The molecule has 0 saturated carbocycles. The highest BCUT2D eigenvalue weighted by Gasteiger charge is 2.22. The van der Waals surface area contributed by atoms with Crippen molar-refractivity contribution in [3.8, 4) is 5.75 Å². The minimum atomic E-state index is -0.805. The maximum Gasteiger partial charge on any atom is 0.128 e. The van der Waals surface area contributed by atoms with Crippen molar-refractivity contribution in [2.24, 2.45) is 0 Å². The molecule has 104 valence electrons. The van der Waals surface area contributed by atoms with E-state index in [1.165, 1.54) is 0 Å². The van der Waals surface area contributed by atoms with Crippen LogP contribution in [0.4, 0.5) is 5.69 Å². The molecule has 1 aliphatic heterocycles. The third-order valence-electron chi connectivity index (χ3n) is 3.60. The van der Waals surface area contributed by atoms with Crippen LogP contribution in [-0.2, 0) is 6.42 Å². The van der Waals surface area contributed by atoms with Gasteiger partial charge >= 0.3 is 0 Å². The van der Waals surface area contributed by atoms with E-state index in [4.69, 9.17) is 22.1 Å². The number of rotatable bonds is 2. The molecule has 4 heteroatoms. The first-order valence-corrected chi connectivity index (χ1v) is 7.02. The number of halogens is 1. The van der Waals surface area contributed by atoms with E-state index < -0.39 is 6.10 Å². The van der Waals surface area contributed by atoms with Crippen LogP contribution in [0.25, 0.3) is 0 Å². The van der Waals surface area contributed by atoms with E-state index in [1.807, 2.05) is 18.2 Å². The van der Waals surface area contributed by atoms with E-state index in [9.17, 15) is 5.11 Å². The summed E-state index contributed by atoms with van der Waals surface area (Å²) in [5.41, 5.74) is 8.98. The lowest BCUT2D eigenvalue weighted by Gasteiger charge is -2.23. The van der Waals surface area contributed by atoms with Gasteiger partial charge in [-0.2, -0.15) is 0 Å². The Kier molecular flexibility index (Phi) is 3.55. The number of benzene rings is 2. The van der Waals surface area contributed by atoms with E-state index >= 15 is 0 Å². The normalized spacial score (nSPS) is 15.3. The molecule has 20 heavy (non-hydrogen) atoms. The molecule has 3 rings (SSSR count). The Hall–Kier alpha value is -1.71. The second kappa shape index (κ2) is 5.35. The zero-order chi connectivity index (χ0) is 14.1. The minimum Gasteiger partial charge on any atom is -0.493 e. The number of fused-ring (bicyclic) bond motifs is 1. The fourth-order valence-electron chi connectivity index (χ4n) is 2.59. The van der Waals surface area contributed by atoms with Crippen molar-refractivity contribution in [3.63, 3.8) is 0 Å². The Morgan fingerprint density at radius 2 is 2.05 bits per heavy atom. The van der Waals surface area contributed by atoms with E-state index in [2.05, 4.69) is 0 Å². The van der Waals surface area contributed by atoms with Crippen LogP contribution in [0.5, 0.6) is 5.75 Å². The van der Waals surface area contributed by atoms with Crippen molar-refractivity contribution in [2.45, 2.75) is 18.9 Å². The van der Waals surface area contributed by atoms with Gasteiger partial charge in [0.1, 0.15) is 11.9 Å². The highest BCUT2D eigenvalue weighted by atomic mass is 35.5. The number of para-hydroxylation sites is 1. The molecular weight excluding hydrogens is 274 g/mol. The summed E-state index contributed by atoms with van der Waals surface area (Å²) in [7, 11) is 0. The topological polar surface area (TPSA) is 55.5 Å². The summed E-state index contributed by atoms with van der Waals surface area (Å²) in [4.78, 5) is 0. The molecule has 0 aromatic heterocycles. The maximum absolute atomic E-state index is 10.6. The van der Waals surface area contributed by atoms with Crippen LogP contribution in [0.1, 0.15) is 29.2 Å². The van der Waals surface area contributed by atoms with Gasteiger partial charge in [-0.25, -0.2) is 0 Å². The molecule has 2 aromatic rings. The van der Waals surface area contributed by atoms with Crippen LogP contribution in [-0.4, -0.2) is 11.7 Å². The molecule has 1 heterocycles. The van der Waals surface area contributed by atoms with E-state index in [0.717, 1.165) is 29.7 Å². The summed E-state index contributed by atoms with van der Waals surface area (Å²) in [6, 6.07) is 11.0. The Labute approximate surface area is 122 Å². The lowest BCUT2D eigenvalue weighted by molar-refractivity contribution is 0.207. The van der Waals surface area contributed by atoms with E-state index in [-0.39, 0.29) is 0 Å². The van der Waals surface area contributed by atoms with Crippen LogP contribution < -0.4 is 10.5 Å². The highest BCUT2D eigenvalue weighted by molar-refractivity contribution is 6.30. The summed E-state index contributed by atoms with van der Waals surface area (Å²) in [6.45, 7) is 0.687. The molecule has 0 saturated heterocycles. The summed E-state index contributed by atoms with van der Waals surface area (Å²) in [5.74, 6) is 0.792. The number of nitrogen functional groups attached to an aromatic ring is 1. The Balaban J connectivity index is 2.04. The zero-order valence-corrected chi connectivity index (χ0v) is 11.7. The Morgan fingerprint density at radius 1 is 1.20 bits per heavy atom. The summed E-state index contributed by atoms with van der Waals surface area (Å²) in [6.07, 6.45) is 1.18. The summed E-state index contributed by atoms with van der Waals surface area (Å²) < 4.78 is 5.73. The molecule has 1 atom stereocenters. The number of hydrogen-bond donors (Lipinski definition) is 2. The predicted molar refractivity (Wildman–Crippen MR) is 80.2 cm³/mol. The first-order valence-electron chi connectivity index (χ1n) is 6.64. The van der Waals surface area contributed by atoms with Crippen molar-refractivity contribution in [2.75, 3.05) is 12.3 Å². The Morgan fingerprint density at radius 3 is 2.85 bits per heavy atom. The predicted octanol–water partition coefficient (Wildman–Crippen LogP) is 3.33. The smallest absolute Gasteiger partial charge is 0.128 e. The highest BCUT2D eigenvalue weighted by Crippen LogP contribution is 2.37. The van der Waals surface area contributed by atoms with Gasteiger partial charge in [0.25, 0.3) is 0 Å². The van der Waals surface area contributed by atoms with Gasteiger partial charge in [0.05, 0.1) is 6.61 Å². The van der Waals surface area contributed by atoms with Crippen molar-refractivity contribution in [1.82, 2.24) is 0 Å². The summed E-state index contributed by atoms with van der Waals surface area (Å²) >= 11 is 5.90. The van der Waals surface area contributed by atoms with Crippen molar-refractivity contribution in [1.29, 1.82) is 0 Å². The molecule has 0 fully saturated rings. The monoisotopic (exact) mass is 289 g/mol. The molecule has 0 aliphatic carbocycles. The SMILES string of the molecule is Nc1cc(Cl)ccc1C(O)c1cccc2c1OCCC2. The maximum atomic E-state index is 10.6. The second-order valence-electron chi connectivity index (χ2n) is 4.96. The van der Waals surface area contributed by atoms with E-state index in [1.54, 1.807) is 18.2 Å². The molecule has 0 bridgehead atoms. The molecular formula is C16H16ClNO2. The lowest BCUT2D eigenvalue weighted by atomic mass is 9.95. The standard InChI is InChI=1S/C16H16ClNO2/c17-11-6-7-12(14(18)9-11)15(19)13-5-1-3-10-4-2-8-20-16(10)13/h1,3,5-7,9,15,19H,2,4,8,18H2. The van der Waals surface area contributed by atoms with Gasteiger partial charge in [0.15, 0.2) is 0 Å². The molecule has 0 radical (unpaired) electrons. The minimum absolute atomic E-state index is 0.485. The molecule has 3 nitrogen and oxygen atoms in total. The first kappa shape index (κ1) is 13.3. The fraction of sp³-hybridized carbons (Fsp3) is 0.250. The van der Waals surface area contributed by atoms with Gasteiger partial charge in [-0.1, -0.05) is 35.9 Å². The fourth-order valence-corrected chi connectivity index (χ4v) is 2.77. The molecule has 0 spiro atoms. The average molecular weight is 290 g/mol. The van der Waals surface area contributed by atoms with Crippen molar-refractivity contribution < 1.29 is 9.84 Å². The quantitative estimate of drug-likeness (QED) is 0.834. The number of hydrogen-bond acceptors (Lipinski definition) is 3. The molecule has 3 N–H and O–H groups in total. The number of aliphatic hydroxyl groups excluding tert-OH is 1. The number of ether oxygens (including phenoxy) is 1. The van der Waals surface area contributed by atoms with Gasteiger partial charge < -0.3 is 15.6 Å². The number of anilines is 1. The van der Waals surface area contributed by atoms with Gasteiger partial charge in [-0.15, -0.1) is 0 Å². The van der Waals surface area contributed by atoms with Gasteiger partial charge in [0.2, 0.25) is 0 Å². The zero-order valence-electron chi connectivity index (χ0n) is 11.0. The molecule has 1 aliphatic rings. The van der Waals surface area contributed by atoms with Crippen LogP contribution in [0.3, 0.4) is 0 Å². The van der Waals surface area contributed by atoms with E-state index in [0.29, 0.717) is 22.9 Å². The lowest BCUT2D eigenvalue weighted by Crippen LogP contribution is -2.13. The number of nitrogens with two attached hydrogens (primary N) is 1. The van der Waals surface area contributed by atoms with Gasteiger partial charge in [-0.3, -0.25) is 0 Å². The third-order valence-corrected chi connectivity index (χ3v) is 3.84. The molecule has 0 amide bonds.